The fraction of sp³-hybridized carbons (Fsp3) is 0.280. The third-order valence-corrected chi connectivity index (χ3v) is 5.52. The maximum atomic E-state index is 13.9. The van der Waals surface area contributed by atoms with Crippen molar-refractivity contribution >= 4 is 5.91 Å². The summed E-state index contributed by atoms with van der Waals surface area (Å²) >= 11 is 0. The smallest absolute Gasteiger partial charge is 0.358 e. The number of nitrogens with one attached hydrogen (secondary N) is 2. The van der Waals surface area contributed by atoms with Gasteiger partial charge in [-0.1, -0.05) is 18.2 Å². The molecule has 35 heavy (non-hydrogen) atoms. The molecule has 0 fully saturated rings. The van der Waals surface area contributed by atoms with E-state index in [0.717, 1.165) is 24.4 Å². The number of carbonyl (C=O) groups excluding carboxylic acids is 1. The Morgan fingerprint density at radius 2 is 1.66 bits per heavy atom. The number of rotatable bonds is 8. The Labute approximate surface area is 198 Å². The van der Waals surface area contributed by atoms with Crippen LogP contribution in [0.25, 0.3) is 0 Å². The minimum absolute atomic E-state index is 0.0434. The Hall–Kier alpha value is -3.40. The summed E-state index contributed by atoms with van der Waals surface area (Å²) in [5.41, 5.74) is 0.477. The monoisotopic (exact) mass is 495 g/mol. The van der Waals surface area contributed by atoms with Gasteiger partial charge in [0.15, 0.2) is 0 Å². The lowest BCUT2D eigenvalue weighted by Gasteiger charge is -2.26. The van der Waals surface area contributed by atoms with E-state index in [0.29, 0.717) is 22.8 Å². The molecular formula is C25H23F6N3O. The molecule has 1 heterocycles. The Morgan fingerprint density at radius 1 is 0.971 bits per heavy atom. The minimum Gasteiger partial charge on any atom is -0.358 e. The van der Waals surface area contributed by atoms with Crippen LogP contribution in [-0.4, -0.2) is 17.9 Å². The molecule has 3 aromatic rings. The molecule has 4 nitrogen and oxygen atoms in total. The average molecular weight is 495 g/mol. The van der Waals surface area contributed by atoms with Gasteiger partial charge in [0.25, 0.3) is 0 Å². The Morgan fingerprint density at radius 3 is 2.20 bits per heavy atom. The summed E-state index contributed by atoms with van der Waals surface area (Å²) in [5, 5.41) is 5.53. The van der Waals surface area contributed by atoms with Crippen LogP contribution >= 0.6 is 0 Å². The van der Waals surface area contributed by atoms with Gasteiger partial charge in [-0.05, 0) is 66.3 Å². The molecule has 0 saturated carbocycles. The molecule has 2 atom stereocenters. The minimum atomic E-state index is -4.56. The molecule has 0 spiro atoms. The first kappa shape index (κ1) is 26.2. The number of amides is 1. The van der Waals surface area contributed by atoms with Gasteiger partial charge in [-0.25, -0.2) is 13.2 Å². The van der Waals surface area contributed by atoms with Crippen molar-refractivity contribution in [2.24, 2.45) is 0 Å². The number of benzene rings is 2. The summed E-state index contributed by atoms with van der Waals surface area (Å²) < 4.78 is 80.0. The molecular weight excluding hydrogens is 472 g/mol. The zero-order chi connectivity index (χ0) is 25.8. The standard InChI is InChI=1S/C25H23F6N3O/c1-14-9-16(5-6-20(14)28)21(7-3-15-4-8-22(33-13-15)25(29,30)31)34-23(24(35)32-2)17-10-18(26)12-19(27)11-17/h4-6,8-13,21,23,34H,3,7H2,1-2H3,(H,32,35)/t21-,23+/m0/s1. The van der Waals surface area contributed by atoms with Gasteiger partial charge in [0.2, 0.25) is 5.91 Å². The first-order valence-corrected chi connectivity index (χ1v) is 10.7. The number of hydrogen-bond donors (Lipinski definition) is 2. The highest BCUT2D eigenvalue weighted by Crippen LogP contribution is 2.29. The molecule has 10 heteroatoms. The molecule has 0 aliphatic heterocycles. The van der Waals surface area contributed by atoms with Crippen molar-refractivity contribution in [1.29, 1.82) is 0 Å². The topological polar surface area (TPSA) is 54.0 Å². The molecule has 0 bridgehead atoms. The third kappa shape index (κ3) is 6.82. The Bertz CT molecular complexity index is 1160. The van der Waals surface area contributed by atoms with Gasteiger partial charge < -0.3 is 5.32 Å². The molecule has 186 valence electrons. The largest absolute Gasteiger partial charge is 0.433 e. The van der Waals surface area contributed by atoms with Gasteiger partial charge in [-0.2, -0.15) is 13.2 Å². The van der Waals surface area contributed by atoms with Crippen LogP contribution < -0.4 is 10.6 Å². The molecule has 0 unspecified atom stereocenters. The highest BCUT2D eigenvalue weighted by molar-refractivity contribution is 5.83. The normalized spacial score (nSPS) is 13.4. The Balaban J connectivity index is 1.92. The zero-order valence-corrected chi connectivity index (χ0v) is 18.9. The second-order valence-electron chi connectivity index (χ2n) is 8.07. The summed E-state index contributed by atoms with van der Waals surface area (Å²) in [6.07, 6.45) is -2.91. The molecule has 1 aromatic heterocycles. The van der Waals surface area contributed by atoms with Crippen LogP contribution in [0.1, 0.15) is 46.5 Å². The van der Waals surface area contributed by atoms with Crippen LogP contribution in [0.3, 0.4) is 0 Å². The summed E-state index contributed by atoms with van der Waals surface area (Å²) in [4.78, 5) is 16.1. The number of aryl methyl sites for hydroxylation is 2. The Kier molecular flexibility index (Phi) is 8.16. The van der Waals surface area contributed by atoms with Crippen molar-refractivity contribution in [3.05, 3.63) is 100 Å². The molecule has 2 aromatic carbocycles. The van der Waals surface area contributed by atoms with Gasteiger partial charge in [-0.15, -0.1) is 0 Å². The summed E-state index contributed by atoms with van der Waals surface area (Å²) in [6, 6.07) is 7.49. The maximum absolute atomic E-state index is 13.9. The molecule has 0 aliphatic rings. The van der Waals surface area contributed by atoms with Gasteiger partial charge >= 0.3 is 6.18 Å². The molecule has 1 amide bonds. The number of hydrogen-bond acceptors (Lipinski definition) is 3. The van der Waals surface area contributed by atoms with Crippen molar-refractivity contribution in [1.82, 2.24) is 15.6 Å². The molecule has 2 N–H and O–H groups in total. The van der Waals surface area contributed by atoms with Crippen LogP contribution in [0.5, 0.6) is 0 Å². The second-order valence-corrected chi connectivity index (χ2v) is 8.07. The molecule has 0 aliphatic carbocycles. The lowest BCUT2D eigenvalue weighted by Crippen LogP contribution is -2.38. The summed E-state index contributed by atoms with van der Waals surface area (Å²) in [7, 11) is 1.37. The molecule has 3 rings (SSSR count). The average Bonchev–Trinajstić information content (AvgIpc) is 2.79. The van der Waals surface area contributed by atoms with Crippen LogP contribution in [-0.2, 0) is 17.4 Å². The van der Waals surface area contributed by atoms with E-state index in [1.54, 1.807) is 13.0 Å². The van der Waals surface area contributed by atoms with E-state index >= 15 is 0 Å². The van der Waals surface area contributed by atoms with Crippen molar-refractivity contribution < 1.29 is 31.1 Å². The van der Waals surface area contributed by atoms with Gasteiger partial charge in [0.05, 0.1) is 0 Å². The highest BCUT2D eigenvalue weighted by atomic mass is 19.4. The number of pyridine rings is 1. The van der Waals surface area contributed by atoms with Crippen molar-refractivity contribution in [2.45, 2.75) is 38.0 Å². The lowest BCUT2D eigenvalue weighted by atomic mass is 9.95. The second kappa shape index (κ2) is 10.9. The van der Waals surface area contributed by atoms with Gasteiger partial charge in [-0.3, -0.25) is 15.1 Å². The predicted octanol–water partition coefficient (Wildman–Crippen LogP) is 5.58. The fourth-order valence-corrected chi connectivity index (χ4v) is 3.69. The predicted molar refractivity (Wildman–Crippen MR) is 118 cm³/mol. The lowest BCUT2D eigenvalue weighted by molar-refractivity contribution is -0.141. The van der Waals surface area contributed by atoms with Crippen LogP contribution in [0.15, 0.2) is 54.7 Å². The highest BCUT2D eigenvalue weighted by Gasteiger charge is 2.32. The van der Waals surface area contributed by atoms with Crippen molar-refractivity contribution in [3.8, 4) is 0 Å². The number of aromatic nitrogens is 1. The molecule has 0 saturated heterocycles. The number of alkyl halides is 3. The van der Waals surface area contributed by atoms with Crippen LogP contribution in [0.2, 0.25) is 0 Å². The van der Waals surface area contributed by atoms with E-state index < -0.39 is 47.3 Å². The number of halogens is 6. The van der Waals surface area contributed by atoms with Gasteiger partial charge in [0.1, 0.15) is 29.2 Å². The van der Waals surface area contributed by atoms with Crippen LogP contribution in [0, 0.1) is 24.4 Å². The van der Waals surface area contributed by atoms with E-state index in [9.17, 15) is 31.1 Å². The van der Waals surface area contributed by atoms with Crippen LogP contribution in [0.4, 0.5) is 26.3 Å². The van der Waals surface area contributed by atoms with E-state index in [1.807, 2.05) is 0 Å². The molecule has 0 radical (unpaired) electrons. The first-order valence-electron chi connectivity index (χ1n) is 10.7. The van der Waals surface area contributed by atoms with E-state index in [2.05, 4.69) is 15.6 Å². The summed E-state index contributed by atoms with van der Waals surface area (Å²) in [6.45, 7) is 1.56. The third-order valence-electron chi connectivity index (χ3n) is 5.52. The SMILES string of the molecule is CNC(=O)[C@H](N[C@@H](CCc1ccc(C(F)(F)F)nc1)c1ccc(F)c(C)c1)c1cc(F)cc(F)c1. The number of likely N-dealkylation sites (N-methyl/N-ethyl adjacent to an activating group) is 1. The maximum Gasteiger partial charge on any atom is 0.433 e. The zero-order valence-electron chi connectivity index (χ0n) is 18.9. The van der Waals surface area contributed by atoms with E-state index in [-0.39, 0.29) is 18.4 Å². The quantitative estimate of drug-likeness (QED) is 0.402. The summed E-state index contributed by atoms with van der Waals surface area (Å²) in [5.74, 6) is -2.72. The van der Waals surface area contributed by atoms with Crippen molar-refractivity contribution in [2.75, 3.05) is 7.05 Å². The van der Waals surface area contributed by atoms with Crippen molar-refractivity contribution in [3.63, 3.8) is 0 Å². The van der Waals surface area contributed by atoms with E-state index in [1.165, 1.54) is 25.2 Å². The number of nitrogens with zero attached hydrogens (tertiary/aromatic N) is 1. The number of carbonyl (C=O) groups is 1. The fourth-order valence-electron chi connectivity index (χ4n) is 3.69. The first-order chi connectivity index (χ1) is 16.5. The van der Waals surface area contributed by atoms with E-state index in [4.69, 9.17) is 0 Å². The van der Waals surface area contributed by atoms with Gasteiger partial charge in [0, 0.05) is 25.4 Å².